The quantitative estimate of drug-likeness (QED) is 0.302. The molecule has 2 rings (SSSR count). The van der Waals surface area contributed by atoms with Gasteiger partial charge in [0.05, 0.1) is 12.1 Å². The van der Waals surface area contributed by atoms with Crippen LogP contribution in [0.4, 0.5) is 4.79 Å². The average Bonchev–Trinajstić information content (AvgIpc) is 3.10. The minimum atomic E-state index is -0.161. The third kappa shape index (κ3) is 6.86. The molecule has 2 aliphatic rings. The normalized spacial score (nSPS) is 23.7. The summed E-state index contributed by atoms with van der Waals surface area (Å²) in [6.45, 7) is 2.14. The van der Waals surface area contributed by atoms with Gasteiger partial charge < -0.3 is 21.3 Å². The molecule has 0 aromatic carbocycles. The van der Waals surface area contributed by atoms with E-state index in [1.165, 1.54) is 6.92 Å². The van der Waals surface area contributed by atoms with Crippen molar-refractivity contribution in [2.75, 3.05) is 18.8 Å². The average molecular weight is 385 g/mol. The molecule has 0 spiro atoms. The van der Waals surface area contributed by atoms with Crippen LogP contribution in [0.2, 0.25) is 0 Å². The Balaban J connectivity index is 1.47. The highest BCUT2D eigenvalue weighted by Crippen LogP contribution is 2.33. The van der Waals surface area contributed by atoms with Crippen molar-refractivity contribution in [1.29, 1.82) is 0 Å². The van der Waals surface area contributed by atoms with Crippen LogP contribution in [0.1, 0.15) is 45.4 Å². The number of carbonyl (C=O) groups excluding carboxylic acids is 4. The zero-order chi connectivity index (χ0) is 18.9. The Morgan fingerprint density at radius 2 is 1.73 bits per heavy atom. The molecule has 0 saturated carbocycles. The Kier molecular flexibility index (Phi) is 8.21. The van der Waals surface area contributed by atoms with Gasteiger partial charge in [-0.3, -0.25) is 14.4 Å². The number of rotatable bonds is 11. The smallest absolute Gasteiger partial charge is 0.315 e. The molecule has 4 N–H and O–H groups in total. The summed E-state index contributed by atoms with van der Waals surface area (Å²) < 4.78 is 0. The van der Waals surface area contributed by atoms with E-state index in [1.54, 1.807) is 0 Å². The van der Waals surface area contributed by atoms with E-state index in [0.717, 1.165) is 25.0 Å². The topological polar surface area (TPSA) is 116 Å². The molecule has 3 unspecified atom stereocenters. The van der Waals surface area contributed by atoms with Crippen LogP contribution in [0, 0.1) is 0 Å². The Morgan fingerprint density at radius 3 is 2.46 bits per heavy atom. The number of Topliss-reactive ketones (excluding diaryl/α,β-unsaturated/α-hetero) is 1. The molecule has 26 heavy (non-hydrogen) atoms. The highest BCUT2D eigenvalue weighted by Gasteiger charge is 2.42. The number of hydrogen-bond acceptors (Lipinski definition) is 5. The maximum atomic E-state index is 11.8. The van der Waals surface area contributed by atoms with E-state index in [1.807, 2.05) is 11.8 Å². The van der Waals surface area contributed by atoms with Gasteiger partial charge in [0.15, 0.2) is 0 Å². The van der Waals surface area contributed by atoms with Gasteiger partial charge in [0.25, 0.3) is 0 Å². The molecule has 0 aromatic rings. The monoisotopic (exact) mass is 384 g/mol. The molecule has 2 heterocycles. The molecular weight excluding hydrogens is 356 g/mol. The summed E-state index contributed by atoms with van der Waals surface area (Å²) in [5.41, 5.74) is 0. The van der Waals surface area contributed by atoms with E-state index in [-0.39, 0.29) is 42.1 Å². The fourth-order valence-corrected chi connectivity index (χ4v) is 4.69. The maximum absolute atomic E-state index is 11.8. The lowest BCUT2D eigenvalue weighted by Crippen LogP contribution is -2.36. The number of nitrogens with one attached hydrogen (secondary N) is 4. The van der Waals surface area contributed by atoms with Gasteiger partial charge in [-0.25, -0.2) is 4.79 Å². The van der Waals surface area contributed by atoms with Gasteiger partial charge in [-0.2, -0.15) is 11.8 Å². The Labute approximate surface area is 158 Å². The summed E-state index contributed by atoms with van der Waals surface area (Å²) in [6.07, 6.45) is 3.72. The fourth-order valence-electron chi connectivity index (χ4n) is 3.14. The van der Waals surface area contributed by atoms with Gasteiger partial charge >= 0.3 is 6.03 Å². The first kappa shape index (κ1) is 20.5. The first-order valence-corrected chi connectivity index (χ1v) is 10.2. The van der Waals surface area contributed by atoms with Crippen molar-refractivity contribution in [2.45, 2.75) is 62.8 Å². The Bertz CT molecular complexity index is 543. The lowest BCUT2D eigenvalue weighted by Gasteiger charge is -2.16. The van der Waals surface area contributed by atoms with Crippen LogP contribution in [-0.2, 0) is 14.4 Å². The third-order valence-electron chi connectivity index (χ3n) is 4.55. The molecule has 2 saturated heterocycles. The van der Waals surface area contributed by atoms with E-state index in [2.05, 4.69) is 21.3 Å². The summed E-state index contributed by atoms with van der Waals surface area (Å²) in [5, 5.41) is 11.7. The van der Waals surface area contributed by atoms with E-state index in [0.29, 0.717) is 31.2 Å². The van der Waals surface area contributed by atoms with Crippen molar-refractivity contribution >= 4 is 35.4 Å². The molecule has 8 nitrogen and oxygen atoms in total. The van der Waals surface area contributed by atoms with Gasteiger partial charge in [-0.15, -0.1) is 0 Å². The first-order valence-electron chi connectivity index (χ1n) is 9.17. The summed E-state index contributed by atoms with van der Waals surface area (Å²) in [6, 6.07) is 0.375. The zero-order valence-corrected chi connectivity index (χ0v) is 16.0. The van der Waals surface area contributed by atoms with Crippen LogP contribution < -0.4 is 21.3 Å². The van der Waals surface area contributed by atoms with E-state index in [4.69, 9.17) is 0 Å². The molecule has 2 aliphatic heterocycles. The van der Waals surface area contributed by atoms with Crippen molar-refractivity contribution in [3.8, 4) is 0 Å². The summed E-state index contributed by atoms with van der Waals surface area (Å²) >= 11 is 1.88. The second-order valence-electron chi connectivity index (χ2n) is 6.77. The van der Waals surface area contributed by atoms with E-state index in [9.17, 15) is 19.2 Å². The van der Waals surface area contributed by atoms with Crippen LogP contribution in [0.3, 0.4) is 0 Å². The predicted molar refractivity (Wildman–Crippen MR) is 99.9 cm³/mol. The number of amides is 4. The molecule has 4 amide bonds. The minimum Gasteiger partial charge on any atom is -0.356 e. The maximum Gasteiger partial charge on any atom is 0.315 e. The number of thioether (sulfide) groups is 1. The SMILES string of the molecule is CC(=O)CCNC(=O)CCNC(=O)CCCCC1SCC2NC(=O)NC21. The van der Waals surface area contributed by atoms with Crippen molar-refractivity contribution in [3.05, 3.63) is 0 Å². The summed E-state index contributed by atoms with van der Waals surface area (Å²) in [7, 11) is 0. The molecule has 3 atom stereocenters. The predicted octanol–water partition coefficient (Wildman–Crippen LogP) is 0.314. The number of unbranched alkanes of at least 4 members (excludes halogenated alkanes) is 1. The van der Waals surface area contributed by atoms with E-state index >= 15 is 0 Å². The minimum absolute atomic E-state index is 0.0386. The van der Waals surface area contributed by atoms with Gasteiger partial charge in [0.1, 0.15) is 5.78 Å². The molecule has 0 aromatic heterocycles. The molecule has 0 bridgehead atoms. The number of carbonyl (C=O) groups is 4. The zero-order valence-electron chi connectivity index (χ0n) is 15.1. The first-order chi connectivity index (χ1) is 12.5. The highest BCUT2D eigenvalue weighted by atomic mass is 32.2. The third-order valence-corrected chi connectivity index (χ3v) is 6.06. The van der Waals surface area contributed by atoms with Crippen LogP contribution in [0.5, 0.6) is 0 Å². The summed E-state index contributed by atoms with van der Waals surface area (Å²) in [5.74, 6) is 0.779. The second kappa shape index (κ2) is 10.4. The van der Waals surface area contributed by atoms with Gasteiger partial charge in [0.2, 0.25) is 11.8 Å². The number of urea groups is 1. The molecule has 9 heteroatoms. The second-order valence-corrected chi connectivity index (χ2v) is 8.04. The number of fused-ring (bicyclic) bond motifs is 1. The van der Waals surface area contributed by atoms with Crippen molar-refractivity contribution in [2.24, 2.45) is 0 Å². The number of ketones is 1. The molecular formula is C17H28N4O4S. The number of hydrogen-bond donors (Lipinski definition) is 4. The van der Waals surface area contributed by atoms with Crippen LogP contribution >= 0.6 is 11.8 Å². The van der Waals surface area contributed by atoms with Crippen molar-refractivity contribution in [1.82, 2.24) is 21.3 Å². The fraction of sp³-hybridized carbons (Fsp3) is 0.765. The molecule has 0 aliphatic carbocycles. The molecule has 146 valence electrons. The van der Waals surface area contributed by atoms with Crippen molar-refractivity contribution < 1.29 is 19.2 Å². The Morgan fingerprint density at radius 1 is 1.04 bits per heavy atom. The van der Waals surface area contributed by atoms with Gasteiger partial charge in [-0.1, -0.05) is 6.42 Å². The van der Waals surface area contributed by atoms with Gasteiger partial charge in [-0.05, 0) is 19.8 Å². The molecule has 2 fully saturated rings. The van der Waals surface area contributed by atoms with Crippen molar-refractivity contribution in [3.63, 3.8) is 0 Å². The summed E-state index contributed by atoms with van der Waals surface area (Å²) in [4.78, 5) is 45.4. The lowest BCUT2D eigenvalue weighted by atomic mass is 10.0. The lowest BCUT2D eigenvalue weighted by molar-refractivity contribution is -0.122. The van der Waals surface area contributed by atoms with E-state index < -0.39 is 0 Å². The van der Waals surface area contributed by atoms with Gasteiger partial charge in [0, 0.05) is 43.4 Å². The van der Waals surface area contributed by atoms with Crippen LogP contribution in [-0.4, -0.2) is 59.8 Å². The largest absolute Gasteiger partial charge is 0.356 e. The Hall–Kier alpha value is -1.77. The highest BCUT2D eigenvalue weighted by molar-refractivity contribution is 8.00. The molecule has 0 radical (unpaired) electrons. The van der Waals surface area contributed by atoms with Crippen LogP contribution in [0.15, 0.2) is 0 Å². The standard InChI is InChI=1S/C17H28N4O4S/c1-11(22)6-8-18-15(24)7-9-19-14(23)5-3-2-4-13-16-12(10-26-13)20-17(25)21-16/h12-13,16H,2-10H2,1H3,(H,18,24)(H,19,23)(H2,20,21,25). The van der Waals surface area contributed by atoms with Crippen LogP contribution in [0.25, 0.3) is 0 Å².